The molecule has 1 heterocycles. The van der Waals surface area contributed by atoms with Crippen molar-refractivity contribution in [1.82, 2.24) is 4.98 Å². The quantitative estimate of drug-likeness (QED) is 0.668. The molecule has 1 aromatic heterocycles. The molecule has 2 aromatic carbocycles. The molecule has 1 unspecified atom stereocenters. The normalized spacial score (nSPS) is 13.6. The number of aryl methyl sites for hydroxylation is 1. The minimum absolute atomic E-state index is 0.0893. The molecule has 0 aliphatic heterocycles. The molecule has 0 bridgehead atoms. The summed E-state index contributed by atoms with van der Waals surface area (Å²) in [6, 6.07) is 12.5. The lowest BCUT2D eigenvalue weighted by atomic mass is 10.0. The average molecular weight is 355 g/mol. The third-order valence-corrected chi connectivity index (χ3v) is 4.97. The minimum atomic E-state index is -0.385. The zero-order valence-corrected chi connectivity index (χ0v) is 15.5. The first kappa shape index (κ1) is 18.1. The van der Waals surface area contributed by atoms with Crippen molar-refractivity contribution in [3.05, 3.63) is 65.1 Å². The van der Waals surface area contributed by atoms with E-state index < -0.39 is 0 Å². The van der Waals surface area contributed by atoms with Gasteiger partial charge in [-0.2, -0.15) is 0 Å². The fourth-order valence-electron chi connectivity index (χ4n) is 3.33. The number of carbonyl (C=O) groups excluding carboxylic acids is 1. The van der Waals surface area contributed by atoms with Gasteiger partial charge >= 0.3 is 0 Å². The van der Waals surface area contributed by atoms with Crippen LogP contribution < -0.4 is 9.64 Å². The van der Waals surface area contributed by atoms with E-state index in [1.54, 1.807) is 6.07 Å². The summed E-state index contributed by atoms with van der Waals surface area (Å²) < 4.78 is 18.9. The van der Waals surface area contributed by atoms with Gasteiger partial charge in [0.15, 0.2) is 11.6 Å². The zero-order valence-electron chi connectivity index (χ0n) is 15.5. The average Bonchev–Trinajstić information content (AvgIpc) is 2.96. The molecule has 2 atom stereocenters. The standard InChI is InChI=1S/C21H23FN2O2/c1-13-20(16-7-5-6-8-18(16)23-13)21(25)14(2)24(3)12-15-9-10-19(26-4)17(22)11-15/h5-11,14,23H,12H2,1-4H3/p+1/t14-/m1/s1. The van der Waals surface area contributed by atoms with Crippen LogP contribution in [0.2, 0.25) is 0 Å². The van der Waals surface area contributed by atoms with E-state index >= 15 is 0 Å². The Morgan fingerprint density at radius 2 is 2.00 bits per heavy atom. The van der Waals surface area contributed by atoms with Gasteiger partial charge in [0.2, 0.25) is 5.78 Å². The van der Waals surface area contributed by atoms with Crippen LogP contribution in [0.1, 0.15) is 28.5 Å². The fourth-order valence-corrected chi connectivity index (χ4v) is 3.33. The number of para-hydroxylation sites is 1. The van der Waals surface area contributed by atoms with Crippen molar-refractivity contribution >= 4 is 16.7 Å². The zero-order chi connectivity index (χ0) is 18.8. The highest BCUT2D eigenvalue weighted by Gasteiger charge is 2.27. The third kappa shape index (κ3) is 3.35. The molecule has 0 saturated heterocycles. The van der Waals surface area contributed by atoms with Crippen molar-refractivity contribution in [1.29, 1.82) is 0 Å². The van der Waals surface area contributed by atoms with Crippen molar-refractivity contribution in [3.8, 4) is 5.75 Å². The highest BCUT2D eigenvalue weighted by Crippen LogP contribution is 2.23. The molecule has 0 radical (unpaired) electrons. The Bertz CT molecular complexity index is 948. The van der Waals surface area contributed by atoms with Crippen molar-refractivity contribution in [2.75, 3.05) is 14.2 Å². The Balaban J connectivity index is 1.81. The number of aromatic nitrogens is 1. The van der Waals surface area contributed by atoms with E-state index in [-0.39, 0.29) is 23.4 Å². The van der Waals surface area contributed by atoms with Gasteiger partial charge < -0.3 is 14.6 Å². The van der Waals surface area contributed by atoms with Gasteiger partial charge in [-0.15, -0.1) is 0 Å². The van der Waals surface area contributed by atoms with Crippen molar-refractivity contribution < 1.29 is 18.8 Å². The second-order valence-corrected chi connectivity index (χ2v) is 6.75. The first-order chi connectivity index (χ1) is 12.4. The van der Waals surface area contributed by atoms with Crippen molar-refractivity contribution in [2.45, 2.75) is 26.4 Å². The van der Waals surface area contributed by atoms with E-state index in [1.165, 1.54) is 13.2 Å². The number of H-pyrrole nitrogens is 1. The number of quaternary nitrogens is 1. The molecule has 136 valence electrons. The second-order valence-electron chi connectivity index (χ2n) is 6.75. The van der Waals surface area contributed by atoms with E-state index in [1.807, 2.05) is 51.2 Å². The molecule has 0 aliphatic rings. The fraction of sp³-hybridized carbons (Fsp3) is 0.286. The summed E-state index contributed by atoms with van der Waals surface area (Å²) in [5.41, 5.74) is 3.42. The number of methoxy groups -OCH3 is 1. The van der Waals surface area contributed by atoms with Crippen LogP contribution in [0, 0.1) is 12.7 Å². The number of aromatic amines is 1. The lowest BCUT2D eigenvalue weighted by Gasteiger charge is -2.21. The predicted octanol–water partition coefficient (Wildman–Crippen LogP) is 2.91. The van der Waals surface area contributed by atoms with Crippen LogP contribution in [0.5, 0.6) is 5.75 Å². The maximum Gasteiger partial charge on any atom is 0.222 e. The highest BCUT2D eigenvalue weighted by atomic mass is 19.1. The Labute approximate surface area is 152 Å². The predicted molar refractivity (Wildman–Crippen MR) is 100 cm³/mol. The number of likely N-dealkylation sites (N-methyl/N-ethyl adjacent to an activating group) is 1. The SMILES string of the molecule is COc1ccc(C[NH+](C)[C@H](C)C(=O)c2c(C)[nH]c3ccccc23)cc1F. The van der Waals surface area contributed by atoms with Gasteiger partial charge in [0.25, 0.3) is 0 Å². The van der Waals surface area contributed by atoms with Crippen molar-refractivity contribution in [2.24, 2.45) is 0 Å². The van der Waals surface area contributed by atoms with Gasteiger partial charge in [-0.3, -0.25) is 4.79 Å². The second kappa shape index (κ2) is 7.30. The van der Waals surface area contributed by atoms with Crippen LogP contribution in [-0.2, 0) is 6.54 Å². The maximum atomic E-state index is 13.9. The molecule has 3 rings (SSSR count). The first-order valence-electron chi connectivity index (χ1n) is 8.68. The number of halogens is 1. The van der Waals surface area contributed by atoms with Crippen LogP contribution >= 0.6 is 0 Å². The Morgan fingerprint density at radius 3 is 2.69 bits per heavy atom. The molecule has 3 aromatic rings. The number of ether oxygens (including phenoxy) is 1. The van der Waals surface area contributed by atoms with E-state index in [4.69, 9.17) is 4.74 Å². The topological polar surface area (TPSA) is 46.5 Å². The maximum absolute atomic E-state index is 13.9. The smallest absolute Gasteiger partial charge is 0.222 e. The van der Waals surface area contributed by atoms with Crippen LogP contribution in [0.15, 0.2) is 42.5 Å². The van der Waals surface area contributed by atoms with E-state index in [0.29, 0.717) is 6.54 Å². The summed E-state index contributed by atoms with van der Waals surface area (Å²) in [5, 5.41) is 0.949. The molecule has 26 heavy (non-hydrogen) atoms. The summed E-state index contributed by atoms with van der Waals surface area (Å²) in [7, 11) is 3.40. The van der Waals surface area contributed by atoms with Gasteiger partial charge in [0, 0.05) is 22.2 Å². The summed E-state index contributed by atoms with van der Waals surface area (Å²) in [6.07, 6.45) is 0. The monoisotopic (exact) mass is 355 g/mol. The van der Waals surface area contributed by atoms with E-state index in [9.17, 15) is 9.18 Å². The van der Waals surface area contributed by atoms with Gasteiger partial charge in [0.05, 0.1) is 19.7 Å². The Kier molecular flexibility index (Phi) is 5.09. The van der Waals surface area contributed by atoms with Gasteiger partial charge in [0.1, 0.15) is 12.6 Å². The van der Waals surface area contributed by atoms with Crippen LogP contribution in [0.3, 0.4) is 0 Å². The molecule has 4 nitrogen and oxygen atoms in total. The largest absolute Gasteiger partial charge is 0.494 e. The lowest BCUT2D eigenvalue weighted by Crippen LogP contribution is -3.12. The summed E-state index contributed by atoms with van der Waals surface area (Å²) in [6.45, 7) is 4.39. The highest BCUT2D eigenvalue weighted by molar-refractivity contribution is 6.10. The number of ketones is 1. The molecular weight excluding hydrogens is 331 g/mol. The molecule has 0 fully saturated rings. The van der Waals surface area contributed by atoms with Gasteiger partial charge in [-0.1, -0.05) is 18.2 Å². The number of benzene rings is 2. The number of Topliss-reactive ketones (excluding diaryl/α,β-unsaturated/α-hetero) is 1. The number of carbonyl (C=O) groups is 1. The summed E-state index contributed by atoms with van der Waals surface area (Å²) in [5.74, 6) is -0.0689. The molecule has 0 saturated carbocycles. The lowest BCUT2D eigenvalue weighted by molar-refractivity contribution is -0.907. The first-order valence-corrected chi connectivity index (χ1v) is 8.68. The van der Waals surface area contributed by atoms with E-state index in [0.717, 1.165) is 32.6 Å². The third-order valence-electron chi connectivity index (χ3n) is 4.97. The molecule has 2 N–H and O–H groups in total. The van der Waals surface area contributed by atoms with E-state index in [2.05, 4.69) is 4.98 Å². The van der Waals surface area contributed by atoms with Crippen LogP contribution in [0.4, 0.5) is 4.39 Å². The molecular formula is C21H24FN2O2+. The van der Waals surface area contributed by atoms with Crippen molar-refractivity contribution in [3.63, 3.8) is 0 Å². The number of nitrogens with one attached hydrogen (secondary N) is 2. The summed E-state index contributed by atoms with van der Waals surface area (Å²) >= 11 is 0. The number of rotatable bonds is 6. The molecule has 0 spiro atoms. The van der Waals surface area contributed by atoms with Crippen LogP contribution in [-0.4, -0.2) is 31.0 Å². The summed E-state index contributed by atoms with van der Waals surface area (Å²) in [4.78, 5) is 17.4. The molecule has 0 amide bonds. The Hall–Kier alpha value is -2.66. The number of hydrogen-bond acceptors (Lipinski definition) is 2. The molecule has 0 aliphatic carbocycles. The van der Waals surface area contributed by atoms with Crippen LogP contribution in [0.25, 0.3) is 10.9 Å². The minimum Gasteiger partial charge on any atom is -0.494 e. The van der Waals surface area contributed by atoms with Gasteiger partial charge in [-0.05, 0) is 38.1 Å². The number of fused-ring (bicyclic) bond motifs is 1. The molecule has 5 heteroatoms. The Morgan fingerprint density at radius 1 is 1.27 bits per heavy atom. The number of hydrogen-bond donors (Lipinski definition) is 2. The van der Waals surface area contributed by atoms with Gasteiger partial charge in [-0.25, -0.2) is 4.39 Å².